The summed E-state index contributed by atoms with van der Waals surface area (Å²) in [4.78, 5) is 22.0. The molecule has 0 amide bonds. The summed E-state index contributed by atoms with van der Waals surface area (Å²) in [5.74, 6) is -0.642. The molecule has 1 N–H and O–H groups in total. The summed E-state index contributed by atoms with van der Waals surface area (Å²) >= 11 is 0. The largest absolute Gasteiger partial charge is 0.509 e. The van der Waals surface area contributed by atoms with Gasteiger partial charge in [0, 0.05) is 12.8 Å². The van der Waals surface area contributed by atoms with Crippen LogP contribution < -0.4 is 0 Å². The molecule has 2 heterocycles. The second-order valence-corrected chi connectivity index (χ2v) is 3.87. The van der Waals surface area contributed by atoms with Crippen LogP contribution in [0.2, 0.25) is 0 Å². The fraction of sp³-hybridized carbons (Fsp3) is 0.750. The van der Waals surface area contributed by atoms with Crippen molar-refractivity contribution in [1.82, 2.24) is 0 Å². The van der Waals surface area contributed by atoms with Crippen molar-refractivity contribution >= 4 is 12.1 Å². The molecule has 1 saturated carbocycles. The predicted octanol–water partition coefficient (Wildman–Crippen LogP) is -0.659. The molecule has 6 nitrogen and oxygen atoms in total. The maximum Gasteiger partial charge on any atom is 0.509 e. The van der Waals surface area contributed by atoms with Gasteiger partial charge in [0.2, 0.25) is 0 Å². The monoisotopic (exact) mass is 200 g/mol. The number of esters is 1. The van der Waals surface area contributed by atoms with Crippen molar-refractivity contribution in [2.45, 2.75) is 36.8 Å². The lowest BCUT2D eigenvalue weighted by atomic mass is 9.82. The second-order valence-electron chi connectivity index (χ2n) is 3.87. The molecule has 2 aliphatic heterocycles. The number of carbonyl (C=O) groups is 2. The Kier molecular flexibility index (Phi) is 1.26. The van der Waals surface area contributed by atoms with Crippen molar-refractivity contribution in [3.05, 3.63) is 0 Å². The van der Waals surface area contributed by atoms with Crippen LogP contribution in [0.4, 0.5) is 4.79 Å². The lowest BCUT2D eigenvalue weighted by Crippen LogP contribution is -2.47. The second kappa shape index (κ2) is 2.20. The van der Waals surface area contributed by atoms with Crippen LogP contribution in [0, 0.1) is 0 Å². The summed E-state index contributed by atoms with van der Waals surface area (Å²) in [5, 5.41) is 9.80. The average molecular weight is 200 g/mol. The van der Waals surface area contributed by atoms with Gasteiger partial charge in [0.15, 0.2) is 11.7 Å². The number of ether oxygens (including phenoxy) is 3. The lowest BCUT2D eigenvalue weighted by Gasteiger charge is -2.28. The molecule has 0 unspecified atom stereocenters. The normalized spacial score (nSPS) is 49.4. The Bertz CT molecular complexity index is 324. The molecule has 0 aromatic carbocycles. The van der Waals surface area contributed by atoms with Gasteiger partial charge in [-0.3, -0.25) is 0 Å². The molecule has 0 spiro atoms. The van der Waals surface area contributed by atoms with Crippen LogP contribution >= 0.6 is 0 Å². The topological polar surface area (TPSA) is 82.1 Å². The molecule has 0 radical (unpaired) electrons. The SMILES string of the molecule is O=C1O[C@@H]2[C@@H](C[C@]3(O)C[C@H]2OC3=O)O1. The van der Waals surface area contributed by atoms with Crippen LogP contribution in [-0.2, 0) is 19.0 Å². The zero-order valence-corrected chi connectivity index (χ0v) is 7.13. The Hall–Kier alpha value is -1.30. The predicted molar refractivity (Wildman–Crippen MR) is 39.2 cm³/mol. The molecule has 0 aromatic heterocycles. The van der Waals surface area contributed by atoms with Gasteiger partial charge >= 0.3 is 12.1 Å². The van der Waals surface area contributed by atoms with Crippen LogP contribution in [0.15, 0.2) is 0 Å². The number of hydrogen-bond donors (Lipinski definition) is 1. The van der Waals surface area contributed by atoms with Gasteiger partial charge < -0.3 is 19.3 Å². The van der Waals surface area contributed by atoms with Crippen LogP contribution in [0.5, 0.6) is 0 Å². The molecule has 1 aliphatic carbocycles. The Morgan fingerprint density at radius 1 is 1.14 bits per heavy atom. The molecule has 3 aliphatic rings. The van der Waals surface area contributed by atoms with Crippen LogP contribution in [0.1, 0.15) is 12.8 Å². The smallest absolute Gasteiger partial charge is 0.456 e. The number of aliphatic hydroxyl groups is 1. The average Bonchev–Trinajstić information content (AvgIpc) is 2.54. The van der Waals surface area contributed by atoms with E-state index in [2.05, 4.69) is 0 Å². The third-order valence-corrected chi connectivity index (χ3v) is 2.93. The van der Waals surface area contributed by atoms with Gasteiger partial charge in [-0.05, 0) is 0 Å². The zero-order chi connectivity index (χ0) is 9.92. The van der Waals surface area contributed by atoms with Gasteiger partial charge in [-0.1, -0.05) is 0 Å². The van der Waals surface area contributed by atoms with Gasteiger partial charge in [0.25, 0.3) is 0 Å². The Morgan fingerprint density at radius 3 is 2.50 bits per heavy atom. The number of hydrogen-bond acceptors (Lipinski definition) is 6. The Balaban J connectivity index is 1.94. The van der Waals surface area contributed by atoms with Gasteiger partial charge in [-0.15, -0.1) is 0 Å². The fourth-order valence-corrected chi connectivity index (χ4v) is 2.27. The van der Waals surface area contributed by atoms with E-state index in [0.717, 1.165) is 0 Å². The van der Waals surface area contributed by atoms with Crippen molar-refractivity contribution in [2.75, 3.05) is 0 Å². The Morgan fingerprint density at radius 2 is 1.79 bits per heavy atom. The van der Waals surface area contributed by atoms with Crippen molar-refractivity contribution < 1.29 is 28.9 Å². The quantitative estimate of drug-likeness (QED) is 0.523. The molecule has 3 fully saturated rings. The van der Waals surface area contributed by atoms with E-state index in [1.807, 2.05) is 0 Å². The van der Waals surface area contributed by atoms with Gasteiger partial charge in [-0.25, -0.2) is 9.59 Å². The van der Waals surface area contributed by atoms with Crippen molar-refractivity contribution in [3.8, 4) is 0 Å². The van der Waals surface area contributed by atoms with Crippen LogP contribution in [0.25, 0.3) is 0 Å². The summed E-state index contributed by atoms with van der Waals surface area (Å²) in [5.41, 5.74) is -1.49. The van der Waals surface area contributed by atoms with Gasteiger partial charge in [-0.2, -0.15) is 0 Å². The number of carbonyl (C=O) groups excluding carboxylic acids is 2. The molecule has 6 heteroatoms. The summed E-state index contributed by atoms with van der Waals surface area (Å²) in [6, 6.07) is 0. The summed E-state index contributed by atoms with van der Waals surface area (Å²) in [7, 11) is 0. The highest BCUT2D eigenvalue weighted by Gasteiger charge is 2.62. The summed E-state index contributed by atoms with van der Waals surface area (Å²) in [6.07, 6.45) is -2.17. The summed E-state index contributed by atoms with van der Waals surface area (Å²) in [6.45, 7) is 0. The highest BCUT2D eigenvalue weighted by molar-refractivity contribution is 5.82. The maximum atomic E-state index is 11.2. The van der Waals surface area contributed by atoms with Crippen molar-refractivity contribution in [3.63, 3.8) is 0 Å². The maximum absolute atomic E-state index is 11.2. The molecular weight excluding hydrogens is 192 g/mol. The molecule has 4 atom stereocenters. The fourth-order valence-electron chi connectivity index (χ4n) is 2.27. The van der Waals surface area contributed by atoms with Gasteiger partial charge in [0.05, 0.1) is 0 Å². The molecule has 2 bridgehead atoms. The van der Waals surface area contributed by atoms with E-state index >= 15 is 0 Å². The molecule has 2 saturated heterocycles. The number of rotatable bonds is 0. The van der Waals surface area contributed by atoms with Crippen molar-refractivity contribution in [2.24, 2.45) is 0 Å². The van der Waals surface area contributed by atoms with E-state index in [0.29, 0.717) is 0 Å². The first-order chi connectivity index (χ1) is 6.58. The standard InChI is InChI=1S/C8H8O6/c9-6-8(11)1-3(12-6)5-4(2-8)13-7(10)14-5/h3-5,11H,1-2H2/t3-,4-,5+,8-/m1/s1. The third kappa shape index (κ3) is 0.836. The minimum Gasteiger partial charge on any atom is -0.456 e. The molecule has 14 heavy (non-hydrogen) atoms. The molecule has 0 aromatic rings. The van der Waals surface area contributed by atoms with E-state index in [1.54, 1.807) is 0 Å². The lowest BCUT2D eigenvalue weighted by molar-refractivity contribution is -0.155. The first-order valence-corrected chi connectivity index (χ1v) is 4.39. The Labute approximate surface area is 78.7 Å². The minimum absolute atomic E-state index is 0.0682. The number of fused-ring (bicyclic) bond motifs is 4. The highest BCUT2D eigenvalue weighted by atomic mass is 16.8. The molecule has 3 rings (SSSR count). The van der Waals surface area contributed by atoms with Crippen LogP contribution in [0.3, 0.4) is 0 Å². The molecular formula is C8H8O6. The first-order valence-electron chi connectivity index (χ1n) is 4.39. The van der Waals surface area contributed by atoms with E-state index < -0.39 is 36.0 Å². The zero-order valence-electron chi connectivity index (χ0n) is 7.13. The third-order valence-electron chi connectivity index (χ3n) is 2.93. The van der Waals surface area contributed by atoms with E-state index in [9.17, 15) is 14.7 Å². The van der Waals surface area contributed by atoms with E-state index in [1.165, 1.54) is 0 Å². The van der Waals surface area contributed by atoms with Crippen LogP contribution in [-0.4, -0.2) is 41.1 Å². The summed E-state index contributed by atoms with van der Waals surface area (Å²) < 4.78 is 14.5. The highest BCUT2D eigenvalue weighted by Crippen LogP contribution is 2.42. The molecule has 76 valence electrons. The van der Waals surface area contributed by atoms with E-state index in [-0.39, 0.29) is 12.8 Å². The first kappa shape index (κ1) is 8.05. The minimum atomic E-state index is -1.49. The van der Waals surface area contributed by atoms with Crippen molar-refractivity contribution in [1.29, 1.82) is 0 Å². The van der Waals surface area contributed by atoms with Gasteiger partial charge in [0.1, 0.15) is 12.2 Å². The van der Waals surface area contributed by atoms with E-state index in [4.69, 9.17) is 14.2 Å².